The molecule has 4 fully saturated rings. The first-order valence-corrected chi connectivity index (χ1v) is 47.0. The van der Waals surface area contributed by atoms with Gasteiger partial charge in [-0.15, -0.1) is 0 Å². The fourth-order valence-electron chi connectivity index (χ4n) is 16.0. The molecule has 4 amide bonds. The van der Waals surface area contributed by atoms with Gasteiger partial charge >= 0.3 is 0 Å². The van der Waals surface area contributed by atoms with Crippen molar-refractivity contribution in [3.05, 3.63) is 0 Å². The van der Waals surface area contributed by atoms with Gasteiger partial charge in [-0.25, -0.2) is 0 Å². The van der Waals surface area contributed by atoms with Gasteiger partial charge in [0.25, 0.3) is 0 Å². The van der Waals surface area contributed by atoms with Crippen LogP contribution in [0.4, 0.5) is 0 Å². The topological polar surface area (TPSA) is 81.2 Å². The molecule has 101 heavy (non-hydrogen) atoms. The Hall–Kier alpha value is -2.12. The summed E-state index contributed by atoms with van der Waals surface area (Å²) in [6, 6.07) is 0. The number of rotatable bonds is 61. The van der Waals surface area contributed by atoms with Crippen LogP contribution in [-0.4, -0.2) is 95.6 Å². The van der Waals surface area contributed by atoms with Crippen molar-refractivity contribution in [1.29, 1.82) is 0 Å². The molecule has 8 heteroatoms. The van der Waals surface area contributed by atoms with Crippen LogP contribution >= 0.6 is 0 Å². The van der Waals surface area contributed by atoms with Crippen molar-refractivity contribution in [2.75, 3.05) is 52.4 Å². The smallest absolute Gasteiger partial charge is 0.222 e. The van der Waals surface area contributed by atoms with Crippen LogP contribution in [0.15, 0.2) is 0 Å². The highest BCUT2D eigenvalue weighted by Crippen LogP contribution is 2.22. The van der Waals surface area contributed by atoms with Crippen LogP contribution < -0.4 is 0 Å². The number of amides is 4. The van der Waals surface area contributed by atoms with Crippen LogP contribution in [0.5, 0.6) is 0 Å². The zero-order valence-corrected chi connectivity index (χ0v) is 69.5. The molecular formula is C93H182N4O4. The molecule has 0 unspecified atom stereocenters. The van der Waals surface area contributed by atoms with Crippen molar-refractivity contribution in [3.8, 4) is 0 Å². The maximum atomic E-state index is 12.2. The van der Waals surface area contributed by atoms with Crippen LogP contribution in [0.2, 0.25) is 0 Å². The maximum absolute atomic E-state index is 12.2. The molecule has 0 aliphatic carbocycles. The highest BCUT2D eigenvalue weighted by Gasteiger charge is 2.18. The molecular weight excluding hydrogens is 1240 g/mol. The molecule has 0 aromatic carbocycles. The van der Waals surface area contributed by atoms with Gasteiger partial charge in [-0.3, -0.25) is 19.2 Å². The van der Waals surface area contributed by atoms with E-state index in [-0.39, 0.29) is 0 Å². The number of unbranched alkanes of at least 4 members (excludes halogenated alkanes) is 53. The third-order valence-corrected chi connectivity index (χ3v) is 23.1. The summed E-state index contributed by atoms with van der Waals surface area (Å²) < 4.78 is 0. The third-order valence-electron chi connectivity index (χ3n) is 23.1. The summed E-state index contributed by atoms with van der Waals surface area (Å²) in [7, 11) is 0. The van der Waals surface area contributed by atoms with Crippen LogP contribution in [0, 0.1) is 0 Å². The number of nitrogens with zero attached hydrogens (tertiary/aromatic N) is 4. The van der Waals surface area contributed by atoms with Crippen molar-refractivity contribution in [2.24, 2.45) is 0 Å². The Morgan fingerprint density at radius 1 is 0.149 bits per heavy atom. The number of hydrogen-bond donors (Lipinski definition) is 0. The Kier molecular flexibility index (Phi) is 77.1. The van der Waals surface area contributed by atoms with E-state index in [0.29, 0.717) is 23.6 Å². The molecule has 598 valence electrons. The first-order valence-electron chi connectivity index (χ1n) is 47.0. The Balaban J connectivity index is 0.000000674. The Morgan fingerprint density at radius 3 is 0.356 bits per heavy atom. The molecule has 0 spiro atoms. The fraction of sp³-hybridized carbons (Fsp3) is 0.957. The van der Waals surface area contributed by atoms with E-state index in [1.807, 2.05) is 0 Å². The molecule has 4 heterocycles. The molecule has 8 nitrogen and oxygen atoms in total. The average Bonchev–Trinajstić information content (AvgIpc) is 2.48. The van der Waals surface area contributed by atoms with Gasteiger partial charge in [-0.05, 0) is 77.0 Å². The molecule has 0 aromatic rings. The molecule has 0 N–H and O–H groups in total. The third kappa shape index (κ3) is 68.2. The first-order chi connectivity index (χ1) is 49.9. The van der Waals surface area contributed by atoms with E-state index in [1.54, 1.807) is 0 Å². The standard InChI is InChI=1S/2C24H47NO.C23H45NO.C22H43NO/c2*1-2-3-4-5-6-7-8-9-10-11-12-13-14-15-18-21-24(26)25-22-19-16-17-20-23-25;1-2-3-4-5-6-7-8-9-10-11-12-13-14-17-20-23(25)24-21-18-15-16-19-22-24;1-2-3-4-5-6-7-8-9-10-11-12-13-16-19-22(24)23-20-17-14-15-18-21-23/h2*2-23H2,1H3;2-22H2,1H3;2-21H2,1H3. The summed E-state index contributed by atoms with van der Waals surface area (Å²) in [5.74, 6) is 1.67. The van der Waals surface area contributed by atoms with E-state index in [0.717, 1.165) is 104 Å². The van der Waals surface area contributed by atoms with Crippen LogP contribution in [0.3, 0.4) is 0 Å². The highest BCUT2D eigenvalue weighted by atomic mass is 16.2. The summed E-state index contributed by atoms with van der Waals surface area (Å²) in [6.45, 7) is 17.2. The Labute approximate surface area is 633 Å². The van der Waals surface area contributed by atoms with Crippen molar-refractivity contribution in [1.82, 2.24) is 19.6 Å². The van der Waals surface area contributed by atoms with Gasteiger partial charge in [0.2, 0.25) is 23.6 Å². The van der Waals surface area contributed by atoms with Crippen molar-refractivity contribution in [2.45, 2.75) is 522 Å². The largest absolute Gasteiger partial charge is 0.343 e. The van der Waals surface area contributed by atoms with Gasteiger partial charge in [0.15, 0.2) is 0 Å². The van der Waals surface area contributed by atoms with Crippen molar-refractivity contribution >= 4 is 23.6 Å². The van der Waals surface area contributed by atoms with Gasteiger partial charge in [0.1, 0.15) is 0 Å². The van der Waals surface area contributed by atoms with Gasteiger partial charge in [0, 0.05) is 78.0 Å². The normalized spacial score (nSPS) is 15.3. The quantitative estimate of drug-likeness (QED) is 0.0568. The van der Waals surface area contributed by atoms with Gasteiger partial charge in [-0.1, -0.05) is 419 Å². The van der Waals surface area contributed by atoms with Crippen LogP contribution in [0.1, 0.15) is 522 Å². The second kappa shape index (κ2) is 80.4. The van der Waals surface area contributed by atoms with E-state index >= 15 is 0 Å². The van der Waals surface area contributed by atoms with Gasteiger partial charge < -0.3 is 19.6 Å². The molecule has 0 radical (unpaired) electrons. The van der Waals surface area contributed by atoms with E-state index in [1.165, 1.54) is 443 Å². The summed E-state index contributed by atoms with van der Waals surface area (Å²) >= 11 is 0. The molecule has 4 rings (SSSR count). The molecule has 0 saturated carbocycles. The minimum atomic E-state index is 0.417. The summed E-state index contributed by atoms with van der Waals surface area (Å²) in [4.78, 5) is 57.3. The predicted molar refractivity (Wildman–Crippen MR) is 445 cm³/mol. The van der Waals surface area contributed by atoms with Crippen molar-refractivity contribution in [3.63, 3.8) is 0 Å². The summed E-state index contributed by atoms with van der Waals surface area (Å²) in [6.07, 6.45) is 102. The predicted octanol–water partition coefficient (Wildman–Crippen LogP) is 29.4. The lowest BCUT2D eigenvalue weighted by molar-refractivity contribution is -0.132. The second-order valence-corrected chi connectivity index (χ2v) is 32.9. The Morgan fingerprint density at radius 2 is 0.248 bits per heavy atom. The number of carbonyl (C=O) groups is 4. The van der Waals surface area contributed by atoms with E-state index < -0.39 is 0 Å². The lowest BCUT2D eigenvalue weighted by Gasteiger charge is -2.20. The highest BCUT2D eigenvalue weighted by molar-refractivity contribution is 5.77. The average molecular weight is 1420 g/mol. The number of likely N-dealkylation sites (tertiary alicyclic amines) is 4. The molecule has 4 saturated heterocycles. The van der Waals surface area contributed by atoms with Gasteiger partial charge in [0.05, 0.1) is 0 Å². The second-order valence-electron chi connectivity index (χ2n) is 32.9. The zero-order valence-electron chi connectivity index (χ0n) is 69.5. The first kappa shape index (κ1) is 96.9. The molecule has 4 aliphatic heterocycles. The summed E-state index contributed by atoms with van der Waals surface area (Å²) in [5.41, 5.74) is 0. The number of carbonyl (C=O) groups excluding carboxylic acids is 4. The van der Waals surface area contributed by atoms with E-state index in [9.17, 15) is 19.2 Å². The maximum Gasteiger partial charge on any atom is 0.222 e. The molecule has 0 aromatic heterocycles. The minimum Gasteiger partial charge on any atom is -0.343 e. The van der Waals surface area contributed by atoms with E-state index in [2.05, 4.69) is 47.3 Å². The SMILES string of the molecule is CCCCCCCCCCCCCCCC(=O)N1CCCCCC1.CCCCCCCCCCCCCCCCC(=O)N1CCCCCC1.CCCCCCCCCCCCCCCCCC(=O)N1CCCCCC1.CCCCCCCCCCCCCCCCCC(=O)N1CCCCCC1. The zero-order chi connectivity index (χ0) is 72.7. The Bertz CT molecular complexity index is 1610. The molecule has 0 bridgehead atoms. The summed E-state index contributed by atoms with van der Waals surface area (Å²) in [5, 5.41) is 0. The monoisotopic (exact) mass is 1420 g/mol. The lowest BCUT2D eigenvalue weighted by atomic mass is 10.0. The number of hydrogen-bond acceptors (Lipinski definition) is 4. The molecule has 4 aliphatic rings. The van der Waals surface area contributed by atoms with Crippen LogP contribution in [0.25, 0.3) is 0 Å². The van der Waals surface area contributed by atoms with Crippen LogP contribution in [-0.2, 0) is 19.2 Å². The van der Waals surface area contributed by atoms with Gasteiger partial charge in [-0.2, -0.15) is 0 Å². The fourth-order valence-corrected chi connectivity index (χ4v) is 16.0. The molecule has 0 atom stereocenters. The lowest BCUT2D eigenvalue weighted by Crippen LogP contribution is -2.31. The minimum absolute atomic E-state index is 0.417. The van der Waals surface area contributed by atoms with E-state index in [4.69, 9.17) is 0 Å². The van der Waals surface area contributed by atoms with Crippen molar-refractivity contribution < 1.29 is 19.2 Å².